The highest BCUT2D eigenvalue weighted by Gasteiger charge is 2.29. The zero-order chi connectivity index (χ0) is 32.1. The van der Waals surface area contributed by atoms with Crippen molar-refractivity contribution in [2.75, 3.05) is 25.0 Å². The molecule has 46 heavy (non-hydrogen) atoms. The molecule has 9 heteroatoms. The molecule has 0 unspecified atom stereocenters. The number of rotatable bonds is 9. The number of anilines is 1. The average Bonchev–Trinajstić information content (AvgIpc) is 3.49. The number of imidazole rings is 1. The third kappa shape index (κ3) is 7.42. The van der Waals surface area contributed by atoms with Gasteiger partial charge in [0.2, 0.25) is 11.8 Å². The third-order valence-electron chi connectivity index (χ3n) is 8.11. The van der Waals surface area contributed by atoms with Crippen LogP contribution in [0, 0.1) is 0 Å². The van der Waals surface area contributed by atoms with E-state index < -0.39 is 5.60 Å². The lowest BCUT2D eigenvalue weighted by Crippen LogP contribution is -2.47. The van der Waals surface area contributed by atoms with Crippen LogP contribution in [0.5, 0.6) is 11.8 Å². The number of fused-ring (bicyclic) bond motifs is 1. The maximum atomic E-state index is 12.6. The van der Waals surface area contributed by atoms with Crippen LogP contribution in [0.15, 0.2) is 97.3 Å². The SMILES string of the molecule is CN(C(=O)OC(C)(C)C)C1CCN(c2ccc3c(c2)ncn3-c2ccc(OCc3ccccc3)nc2OCc2ccccc2)CC1. The lowest BCUT2D eigenvalue weighted by Gasteiger charge is -2.38. The smallest absolute Gasteiger partial charge is 0.410 e. The van der Waals surface area contributed by atoms with E-state index in [1.54, 1.807) is 4.90 Å². The second-order valence-corrected chi connectivity index (χ2v) is 12.6. The van der Waals surface area contributed by atoms with E-state index in [2.05, 4.69) is 23.1 Å². The molecular weight excluding hydrogens is 578 g/mol. The van der Waals surface area contributed by atoms with E-state index in [4.69, 9.17) is 24.2 Å². The molecule has 1 aliphatic rings. The van der Waals surface area contributed by atoms with Crippen molar-refractivity contribution in [3.8, 4) is 17.4 Å². The lowest BCUT2D eigenvalue weighted by molar-refractivity contribution is 0.0201. The first-order valence-corrected chi connectivity index (χ1v) is 15.8. The van der Waals surface area contributed by atoms with Gasteiger partial charge in [-0.3, -0.25) is 4.57 Å². The molecular formula is C37H41N5O4. The Morgan fingerprint density at radius 1 is 0.870 bits per heavy atom. The van der Waals surface area contributed by atoms with Crippen molar-refractivity contribution >= 4 is 22.8 Å². The van der Waals surface area contributed by atoms with Gasteiger partial charge < -0.3 is 24.0 Å². The van der Waals surface area contributed by atoms with Crippen molar-refractivity contribution in [2.24, 2.45) is 0 Å². The van der Waals surface area contributed by atoms with Crippen molar-refractivity contribution in [3.63, 3.8) is 0 Å². The van der Waals surface area contributed by atoms with Crippen LogP contribution in [0.3, 0.4) is 0 Å². The number of hydrogen-bond donors (Lipinski definition) is 0. The number of ether oxygens (including phenoxy) is 3. The fraction of sp³-hybridized carbons (Fsp3) is 0.324. The van der Waals surface area contributed by atoms with Crippen LogP contribution in [0.25, 0.3) is 16.7 Å². The number of amides is 1. The largest absolute Gasteiger partial charge is 0.473 e. The molecule has 0 spiro atoms. The highest BCUT2D eigenvalue weighted by Crippen LogP contribution is 2.31. The van der Waals surface area contributed by atoms with Gasteiger partial charge in [0.15, 0.2) is 0 Å². The molecule has 3 heterocycles. The Morgan fingerprint density at radius 2 is 1.52 bits per heavy atom. The summed E-state index contributed by atoms with van der Waals surface area (Å²) in [5, 5.41) is 0. The molecule has 1 amide bonds. The van der Waals surface area contributed by atoms with Gasteiger partial charge in [-0.2, -0.15) is 4.98 Å². The van der Waals surface area contributed by atoms with Gasteiger partial charge in [0, 0.05) is 37.9 Å². The van der Waals surface area contributed by atoms with Crippen LogP contribution >= 0.6 is 0 Å². The molecule has 0 atom stereocenters. The lowest BCUT2D eigenvalue weighted by atomic mass is 10.0. The second-order valence-electron chi connectivity index (χ2n) is 12.6. The quantitative estimate of drug-likeness (QED) is 0.170. The standard InChI is InChI=1S/C37H41N5O4/c1-37(2,3)46-36(43)40(4)29-19-21-41(22-20-29)30-15-16-32-31(23-30)38-26-42(32)33-17-18-34(44-24-27-11-7-5-8-12-27)39-35(33)45-25-28-13-9-6-10-14-28/h5-18,23,26,29H,19-22,24-25H2,1-4H3. The maximum Gasteiger partial charge on any atom is 0.410 e. The van der Waals surface area contributed by atoms with E-state index in [9.17, 15) is 4.79 Å². The number of piperidine rings is 1. The highest BCUT2D eigenvalue weighted by molar-refractivity contribution is 5.82. The molecule has 9 nitrogen and oxygen atoms in total. The van der Waals surface area contributed by atoms with Gasteiger partial charge in [-0.05, 0) is 69.0 Å². The van der Waals surface area contributed by atoms with Crippen LogP contribution in [-0.4, -0.2) is 57.3 Å². The minimum Gasteiger partial charge on any atom is -0.473 e. The van der Waals surface area contributed by atoms with Crippen molar-refractivity contribution in [1.29, 1.82) is 0 Å². The Balaban J connectivity index is 1.19. The van der Waals surface area contributed by atoms with Gasteiger partial charge in [-0.25, -0.2) is 9.78 Å². The normalized spacial score (nSPS) is 13.9. The fourth-order valence-electron chi connectivity index (χ4n) is 5.63. The molecule has 3 aromatic carbocycles. The summed E-state index contributed by atoms with van der Waals surface area (Å²) in [6.07, 6.45) is 3.28. The molecule has 1 fully saturated rings. The number of pyridine rings is 1. The van der Waals surface area contributed by atoms with Gasteiger partial charge in [0.25, 0.3) is 0 Å². The van der Waals surface area contributed by atoms with Crippen molar-refractivity contribution < 1.29 is 19.0 Å². The summed E-state index contributed by atoms with van der Waals surface area (Å²) in [5.41, 5.74) is 5.33. The summed E-state index contributed by atoms with van der Waals surface area (Å²) in [4.78, 5) is 26.2. The Bertz CT molecular complexity index is 1760. The van der Waals surface area contributed by atoms with E-state index >= 15 is 0 Å². The van der Waals surface area contributed by atoms with Gasteiger partial charge in [0.05, 0.1) is 11.0 Å². The number of carbonyl (C=O) groups excluding carboxylic acids is 1. The summed E-state index contributed by atoms with van der Waals surface area (Å²) in [5.74, 6) is 0.956. The third-order valence-corrected chi connectivity index (χ3v) is 8.11. The van der Waals surface area contributed by atoms with Gasteiger partial charge in [-0.1, -0.05) is 60.7 Å². The molecule has 6 rings (SSSR count). The Hall–Kier alpha value is -5.05. The molecule has 2 aromatic heterocycles. The summed E-state index contributed by atoms with van der Waals surface area (Å²) >= 11 is 0. The van der Waals surface area contributed by atoms with E-state index in [1.165, 1.54) is 0 Å². The van der Waals surface area contributed by atoms with Crippen LogP contribution in [-0.2, 0) is 18.0 Å². The minimum atomic E-state index is -0.506. The molecule has 1 saturated heterocycles. The first-order chi connectivity index (χ1) is 22.2. The number of hydrogen-bond acceptors (Lipinski definition) is 7. The predicted octanol–water partition coefficient (Wildman–Crippen LogP) is 7.41. The Labute approximate surface area is 270 Å². The van der Waals surface area contributed by atoms with Crippen LogP contribution < -0.4 is 14.4 Å². The van der Waals surface area contributed by atoms with Crippen molar-refractivity contribution in [3.05, 3.63) is 108 Å². The Morgan fingerprint density at radius 3 is 2.17 bits per heavy atom. The van der Waals surface area contributed by atoms with Crippen molar-refractivity contribution in [2.45, 2.75) is 58.5 Å². The molecule has 0 radical (unpaired) electrons. The summed E-state index contributed by atoms with van der Waals surface area (Å²) in [6, 6.07) is 30.4. The Kier molecular flexibility index (Phi) is 9.10. The zero-order valence-electron chi connectivity index (χ0n) is 26.9. The van der Waals surface area contributed by atoms with E-state index in [-0.39, 0.29) is 12.1 Å². The fourth-order valence-corrected chi connectivity index (χ4v) is 5.63. The summed E-state index contributed by atoms with van der Waals surface area (Å²) in [7, 11) is 1.84. The van der Waals surface area contributed by atoms with E-state index in [0.29, 0.717) is 25.0 Å². The molecule has 0 aliphatic carbocycles. The van der Waals surface area contributed by atoms with E-state index in [1.807, 2.05) is 112 Å². The molecule has 5 aromatic rings. The first-order valence-electron chi connectivity index (χ1n) is 15.8. The average molecular weight is 620 g/mol. The first kappa shape index (κ1) is 31.0. The highest BCUT2D eigenvalue weighted by atomic mass is 16.6. The number of benzene rings is 3. The summed E-state index contributed by atoms with van der Waals surface area (Å²) in [6.45, 7) is 8.15. The van der Waals surface area contributed by atoms with Crippen LogP contribution in [0.1, 0.15) is 44.7 Å². The zero-order valence-corrected chi connectivity index (χ0v) is 26.9. The molecule has 238 valence electrons. The molecule has 0 N–H and O–H groups in total. The number of nitrogens with zero attached hydrogens (tertiary/aromatic N) is 5. The van der Waals surface area contributed by atoms with Gasteiger partial charge in [0.1, 0.15) is 30.8 Å². The minimum absolute atomic E-state index is 0.149. The predicted molar refractivity (Wildman–Crippen MR) is 180 cm³/mol. The maximum absolute atomic E-state index is 12.6. The number of carbonyl (C=O) groups is 1. The topological polar surface area (TPSA) is 82.0 Å². The second kappa shape index (κ2) is 13.5. The van der Waals surface area contributed by atoms with Gasteiger partial charge >= 0.3 is 6.09 Å². The van der Waals surface area contributed by atoms with Crippen LogP contribution in [0.2, 0.25) is 0 Å². The van der Waals surface area contributed by atoms with E-state index in [0.717, 1.165) is 59.5 Å². The molecule has 0 saturated carbocycles. The molecule has 0 bridgehead atoms. The summed E-state index contributed by atoms with van der Waals surface area (Å²) < 4.78 is 19.9. The number of aromatic nitrogens is 3. The van der Waals surface area contributed by atoms with Crippen LogP contribution in [0.4, 0.5) is 10.5 Å². The van der Waals surface area contributed by atoms with Gasteiger partial charge in [-0.15, -0.1) is 0 Å². The van der Waals surface area contributed by atoms with Crippen molar-refractivity contribution in [1.82, 2.24) is 19.4 Å². The molecule has 1 aliphatic heterocycles. The monoisotopic (exact) mass is 619 g/mol.